The van der Waals surface area contributed by atoms with E-state index in [0.29, 0.717) is 24.5 Å². The van der Waals surface area contributed by atoms with Crippen molar-refractivity contribution in [3.05, 3.63) is 82.8 Å². The molecule has 0 bridgehead atoms. The molecule has 0 spiro atoms. The summed E-state index contributed by atoms with van der Waals surface area (Å²) in [4.78, 5) is 28.3. The number of nitrogens with two attached hydrogens (primary N) is 1. The van der Waals surface area contributed by atoms with Gasteiger partial charge in [0.25, 0.3) is 11.8 Å². The minimum Gasteiger partial charge on any atom is -0.352 e. The molecule has 3 aromatic rings. The Kier molecular flexibility index (Phi) is 7.15. The number of hydrogen-bond acceptors (Lipinski definition) is 6. The second-order valence-electron chi connectivity index (χ2n) is 8.07. The fraction of sp³-hybridized carbons (Fsp3) is 0.250. The maximum absolute atomic E-state index is 14.1. The number of benzene rings is 2. The summed E-state index contributed by atoms with van der Waals surface area (Å²) in [7, 11) is 0. The second-order valence-corrected chi connectivity index (χ2v) is 8.07. The number of rotatable bonds is 5. The maximum Gasteiger partial charge on any atom is 0.417 e. The summed E-state index contributed by atoms with van der Waals surface area (Å²) in [5, 5.41) is 10.4. The molecule has 0 atom stereocenters. The molecule has 188 valence electrons. The average molecular weight is 502 g/mol. The maximum atomic E-state index is 14.1. The van der Waals surface area contributed by atoms with Gasteiger partial charge >= 0.3 is 6.18 Å². The van der Waals surface area contributed by atoms with E-state index in [1.54, 1.807) is 17.0 Å². The van der Waals surface area contributed by atoms with E-state index in [2.05, 4.69) is 15.5 Å². The molecule has 1 aliphatic heterocycles. The van der Waals surface area contributed by atoms with Crippen molar-refractivity contribution in [2.24, 2.45) is 5.73 Å². The highest BCUT2D eigenvalue weighted by molar-refractivity contribution is 6.02. The highest BCUT2D eigenvalue weighted by Gasteiger charge is 2.36. The van der Waals surface area contributed by atoms with Gasteiger partial charge in [0, 0.05) is 32.7 Å². The predicted molar refractivity (Wildman–Crippen MR) is 124 cm³/mol. The van der Waals surface area contributed by atoms with Gasteiger partial charge in [-0.05, 0) is 42.0 Å². The Morgan fingerprint density at radius 3 is 2.31 bits per heavy atom. The normalized spacial score (nSPS) is 14.0. The summed E-state index contributed by atoms with van der Waals surface area (Å²) in [5.41, 5.74) is 4.66. The van der Waals surface area contributed by atoms with Crippen molar-refractivity contribution >= 4 is 23.3 Å². The molecule has 1 aromatic heterocycles. The smallest absolute Gasteiger partial charge is 0.352 e. The van der Waals surface area contributed by atoms with Crippen molar-refractivity contribution in [3.8, 4) is 0 Å². The number of carbonyl (C=O) groups excluding carboxylic acids is 2. The van der Waals surface area contributed by atoms with E-state index in [4.69, 9.17) is 5.73 Å². The van der Waals surface area contributed by atoms with Crippen LogP contribution in [0.2, 0.25) is 0 Å². The summed E-state index contributed by atoms with van der Waals surface area (Å²) in [6.07, 6.45) is -4.63. The van der Waals surface area contributed by atoms with Gasteiger partial charge < -0.3 is 20.9 Å². The summed E-state index contributed by atoms with van der Waals surface area (Å²) in [6, 6.07) is 11.9. The number of nitrogens with one attached hydrogen (secondary N) is 1. The summed E-state index contributed by atoms with van der Waals surface area (Å²) >= 11 is 0. The molecule has 4 rings (SSSR count). The topological polar surface area (TPSA) is 104 Å². The molecule has 1 fully saturated rings. The van der Waals surface area contributed by atoms with Crippen molar-refractivity contribution in [2.75, 3.05) is 36.4 Å². The van der Waals surface area contributed by atoms with E-state index in [1.807, 2.05) is 0 Å². The number of anilines is 2. The highest BCUT2D eigenvalue weighted by atomic mass is 19.4. The third kappa shape index (κ3) is 5.43. The van der Waals surface area contributed by atoms with Crippen LogP contribution in [-0.4, -0.2) is 53.1 Å². The second kappa shape index (κ2) is 10.3. The van der Waals surface area contributed by atoms with E-state index in [-0.39, 0.29) is 36.6 Å². The molecule has 2 aromatic carbocycles. The van der Waals surface area contributed by atoms with Crippen molar-refractivity contribution in [3.63, 3.8) is 0 Å². The Morgan fingerprint density at radius 1 is 0.972 bits per heavy atom. The lowest BCUT2D eigenvalue weighted by Gasteiger charge is -2.35. The van der Waals surface area contributed by atoms with E-state index in [1.165, 1.54) is 41.3 Å². The zero-order chi connectivity index (χ0) is 25.9. The molecule has 1 aliphatic rings. The summed E-state index contributed by atoms with van der Waals surface area (Å²) in [6.45, 7) is 1.18. The zero-order valence-corrected chi connectivity index (χ0v) is 18.9. The lowest BCUT2D eigenvalue weighted by molar-refractivity contribution is -0.138. The number of aromatic nitrogens is 2. The van der Waals surface area contributed by atoms with Gasteiger partial charge in [-0.1, -0.05) is 18.2 Å². The first-order chi connectivity index (χ1) is 17.2. The molecule has 3 N–H and O–H groups in total. The molecule has 2 amide bonds. The molecular formula is C24H22F4N6O2. The Bertz CT molecular complexity index is 1260. The van der Waals surface area contributed by atoms with Crippen molar-refractivity contribution in [1.82, 2.24) is 15.1 Å². The quantitative estimate of drug-likeness (QED) is 0.519. The third-order valence-corrected chi connectivity index (χ3v) is 5.75. The van der Waals surface area contributed by atoms with Crippen molar-refractivity contribution < 1.29 is 27.2 Å². The van der Waals surface area contributed by atoms with Gasteiger partial charge in [0.1, 0.15) is 5.82 Å². The Labute approximate surface area is 203 Å². The number of amides is 2. The van der Waals surface area contributed by atoms with Gasteiger partial charge in [0.15, 0.2) is 11.5 Å². The minimum absolute atomic E-state index is 0.0176. The molecule has 0 saturated carbocycles. The fourth-order valence-corrected chi connectivity index (χ4v) is 3.81. The molecule has 2 heterocycles. The molecule has 36 heavy (non-hydrogen) atoms. The lowest BCUT2D eigenvalue weighted by Crippen LogP contribution is -2.49. The van der Waals surface area contributed by atoms with E-state index in [0.717, 1.165) is 6.07 Å². The SMILES string of the molecule is NCc1ccc(NC(=O)c2ccc(N3CCN(C(=O)c4ccccc4C(F)(F)F)CC3)nn2)c(F)c1. The van der Waals surface area contributed by atoms with Crippen LogP contribution in [0.15, 0.2) is 54.6 Å². The predicted octanol–water partition coefficient (Wildman–Crippen LogP) is 3.31. The van der Waals surface area contributed by atoms with E-state index in [9.17, 15) is 27.2 Å². The third-order valence-electron chi connectivity index (χ3n) is 5.75. The van der Waals surface area contributed by atoms with Gasteiger partial charge in [-0.15, -0.1) is 10.2 Å². The number of hydrogen-bond donors (Lipinski definition) is 2. The first-order valence-electron chi connectivity index (χ1n) is 11.0. The van der Waals surface area contributed by atoms with Crippen LogP contribution in [0.5, 0.6) is 0 Å². The number of alkyl halides is 3. The molecule has 8 nitrogen and oxygen atoms in total. The fourth-order valence-electron chi connectivity index (χ4n) is 3.81. The number of nitrogens with zero attached hydrogens (tertiary/aromatic N) is 4. The Balaban J connectivity index is 1.37. The standard InChI is InChI=1S/C24H22F4N6O2/c25-18-13-15(14-29)5-6-19(18)30-22(35)20-7-8-21(32-31-20)33-9-11-34(12-10-33)23(36)16-3-1-2-4-17(16)24(26,27)28/h1-8,13H,9-12,14,29H2,(H,30,35). The largest absolute Gasteiger partial charge is 0.417 e. The Hall–Kier alpha value is -4.06. The van der Waals surface area contributed by atoms with Crippen LogP contribution in [0, 0.1) is 5.82 Å². The van der Waals surface area contributed by atoms with E-state index < -0.39 is 29.4 Å². The summed E-state index contributed by atoms with van der Waals surface area (Å²) < 4.78 is 53.9. The van der Waals surface area contributed by atoms with Crippen molar-refractivity contribution in [1.29, 1.82) is 0 Å². The van der Waals surface area contributed by atoms with Crippen LogP contribution >= 0.6 is 0 Å². The molecular weight excluding hydrogens is 480 g/mol. The van der Waals surface area contributed by atoms with Gasteiger partial charge in [0.05, 0.1) is 16.8 Å². The number of carbonyl (C=O) groups is 2. The van der Waals surface area contributed by atoms with Crippen LogP contribution in [0.3, 0.4) is 0 Å². The molecule has 12 heteroatoms. The van der Waals surface area contributed by atoms with E-state index >= 15 is 0 Å². The van der Waals surface area contributed by atoms with Gasteiger partial charge in [-0.25, -0.2) is 4.39 Å². The van der Waals surface area contributed by atoms with Crippen molar-refractivity contribution in [2.45, 2.75) is 12.7 Å². The van der Waals surface area contributed by atoms with Gasteiger partial charge in [0.2, 0.25) is 0 Å². The van der Waals surface area contributed by atoms with Gasteiger partial charge in [-0.3, -0.25) is 9.59 Å². The zero-order valence-electron chi connectivity index (χ0n) is 18.9. The molecule has 1 saturated heterocycles. The molecule has 0 aliphatic carbocycles. The number of piperazine rings is 1. The van der Waals surface area contributed by atoms with Crippen LogP contribution in [0.25, 0.3) is 0 Å². The van der Waals surface area contributed by atoms with Crippen LogP contribution in [0.1, 0.15) is 32.0 Å². The van der Waals surface area contributed by atoms with Crippen LogP contribution in [0.4, 0.5) is 29.1 Å². The molecule has 0 unspecified atom stereocenters. The highest BCUT2D eigenvalue weighted by Crippen LogP contribution is 2.32. The Morgan fingerprint density at radius 2 is 1.69 bits per heavy atom. The van der Waals surface area contributed by atoms with Crippen LogP contribution in [-0.2, 0) is 12.7 Å². The summed E-state index contributed by atoms with van der Waals surface area (Å²) in [5.74, 6) is -1.52. The first-order valence-corrected chi connectivity index (χ1v) is 11.0. The average Bonchev–Trinajstić information content (AvgIpc) is 2.89. The van der Waals surface area contributed by atoms with Crippen LogP contribution < -0.4 is 16.0 Å². The minimum atomic E-state index is -4.63. The van der Waals surface area contributed by atoms with Gasteiger partial charge in [-0.2, -0.15) is 13.2 Å². The monoisotopic (exact) mass is 502 g/mol. The number of halogens is 4. The lowest BCUT2D eigenvalue weighted by atomic mass is 10.1. The first kappa shape index (κ1) is 25.0. The molecule has 0 radical (unpaired) electrons.